The summed E-state index contributed by atoms with van der Waals surface area (Å²) < 4.78 is 16.2. The summed E-state index contributed by atoms with van der Waals surface area (Å²) in [6, 6.07) is 11.9. The fraction of sp³-hybridized carbons (Fsp3) is 0.333. The predicted molar refractivity (Wildman–Crippen MR) is 128 cm³/mol. The summed E-state index contributed by atoms with van der Waals surface area (Å²) in [7, 11) is 0. The number of nitrogens with one attached hydrogen (secondary N) is 3. The maximum atomic E-state index is 14.3. The Morgan fingerprint density at radius 2 is 1.94 bits per heavy atom. The zero-order valence-corrected chi connectivity index (χ0v) is 19.2. The van der Waals surface area contributed by atoms with Crippen molar-refractivity contribution in [2.75, 3.05) is 10.6 Å². The molecule has 1 fully saturated rings. The van der Waals surface area contributed by atoms with Crippen LogP contribution in [0.4, 0.5) is 15.8 Å². The highest BCUT2D eigenvalue weighted by Gasteiger charge is 2.22. The van der Waals surface area contributed by atoms with Gasteiger partial charge in [-0.2, -0.15) is 5.10 Å². The number of halogens is 1. The molecule has 0 unspecified atom stereocenters. The second-order valence-electron chi connectivity index (χ2n) is 8.37. The van der Waals surface area contributed by atoms with E-state index in [0.29, 0.717) is 16.3 Å². The molecule has 7 nitrogen and oxygen atoms in total. The number of carbonyl (C=O) groups excluding carboxylic acids is 2. The number of benzene rings is 2. The van der Waals surface area contributed by atoms with E-state index < -0.39 is 5.82 Å². The van der Waals surface area contributed by atoms with Crippen molar-refractivity contribution in [3.8, 4) is 11.4 Å². The van der Waals surface area contributed by atoms with Crippen LogP contribution in [0.1, 0.15) is 37.7 Å². The van der Waals surface area contributed by atoms with E-state index in [1.54, 1.807) is 4.57 Å². The van der Waals surface area contributed by atoms with Gasteiger partial charge < -0.3 is 10.6 Å². The molecule has 0 saturated heterocycles. The van der Waals surface area contributed by atoms with Crippen LogP contribution in [0.5, 0.6) is 0 Å². The number of anilines is 2. The molecule has 0 bridgehead atoms. The van der Waals surface area contributed by atoms with E-state index in [1.165, 1.54) is 18.2 Å². The maximum Gasteiger partial charge on any atom is 0.244 e. The number of hydrogen-bond acceptors (Lipinski definition) is 4. The average molecular weight is 468 g/mol. The van der Waals surface area contributed by atoms with Crippen LogP contribution in [0.15, 0.2) is 42.5 Å². The number of nitrogens with zero attached hydrogens (tertiary/aromatic N) is 2. The summed E-state index contributed by atoms with van der Waals surface area (Å²) in [5, 5.41) is 12.4. The van der Waals surface area contributed by atoms with E-state index >= 15 is 0 Å². The Morgan fingerprint density at radius 3 is 2.70 bits per heavy atom. The number of carbonyl (C=O) groups is 2. The standard InChI is InChI=1S/C24H26FN5O2S/c1-15-6-5-9-17(12-15)22-28-29-24(33)30(22)14-21(31)26-18-10-11-19(25)20(13-18)27-23(32)16-7-3-2-4-8-16/h5-6,9-13,16H,2-4,7-8,14H2,1H3,(H,26,31)(H,27,32)(H,29,33). The van der Waals surface area contributed by atoms with Gasteiger partial charge in [0.05, 0.1) is 5.69 Å². The van der Waals surface area contributed by atoms with Gasteiger partial charge in [0.15, 0.2) is 10.6 Å². The molecule has 33 heavy (non-hydrogen) atoms. The van der Waals surface area contributed by atoms with Gasteiger partial charge in [-0.05, 0) is 56.2 Å². The molecule has 2 amide bonds. The lowest BCUT2D eigenvalue weighted by atomic mass is 9.88. The molecule has 9 heteroatoms. The van der Waals surface area contributed by atoms with Gasteiger partial charge in [0.25, 0.3) is 0 Å². The molecule has 172 valence electrons. The lowest BCUT2D eigenvalue weighted by Gasteiger charge is -2.21. The number of H-pyrrole nitrogens is 1. The molecule has 0 spiro atoms. The minimum Gasteiger partial charge on any atom is -0.324 e. The first kappa shape index (κ1) is 22.8. The number of hydrogen-bond donors (Lipinski definition) is 3. The first-order chi connectivity index (χ1) is 15.9. The van der Waals surface area contributed by atoms with Gasteiger partial charge in [-0.25, -0.2) is 4.39 Å². The van der Waals surface area contributed by atoms with Crippen molar-refractivity contribution in [1.82, 2.24) is 14.8 Å². The van der Waals surface area contributed by atoms with E-state index in [1.807, 2.05) is 31.2 Å². The number of aromatic nitrogens is 3. The molecular weight excluding hydrogens is 441 g/mol. The van der Waals surface area contributed by atoms with Gasteiger partial charge in [0.1, 0.15) is 12.4 Å². The smallest absolute Gasteiger partial charge is 0.244 e. The van der Waals surface area contributed by atoms with Crippen molar-refractivity contribution in [3.05, 3.63) is 58.6 Å². The molecule has 1 saturated carbocycles. The van der Waals surface area contributed by atoms with Crippen LogP contribution in [0.3, 0.4) is 0 Å². The Hall–Kier alpha value is -3.33. The third-order valence-electron chi connectivity index (χ3n) is 5.82. The zero-order valence-electron chi connectivity index (χ0n) is 18.4. The van der Waals surface area contributed by atoms with Gasteiger partial charge in [-0.15, -0.1) is 0 Å². The average Bonchev–Trinajstić information content (AvgIpc) is 3.16. The molecular formula is C24H26FN5O2S. The van der Waals surface area contributed by atoms with E-state index in [9.17, 15) is 14.0 Å². The number of aryl methyl sites for hydroxylation is 1. The largest absolute Gasteiger partial charge is 0.324 e. The monoisotopic (exact) mass is 467 g/mol. The van der Waals surface area contributed by atoms with Crippen LogP contribution < -0.4 is 10.6 Å². The van der Waals surface area contributed by atoms with Crippen molar-refractivity contribution in [2.24, 2.45) is 5.92 Å². The van der Waals surface area contributed by atoms with Crippen LogP contribution in [-0.4, -0.2) is 26.6 Å². The van der Waals surface area contributed by atoms with E-state index in [-0.39, 0.29) is 30.0 Å². The summed E-state index contributed by atoms with van der Waals surface area (Å²) in [6.07, 6.45) is 4.79. The van der Waals surface area contributed by atoms with Crippen LogP contribution >= 0.6 is 12.2 Å². The molecule has 4 rings (SSSR count). The number of rotatable bonds is 6. The molecule has 0 radical (unpaired) electrons. The second kappa shape index (κ2) is 10.1. The van der Waals surface area contributed by atoms with Crippen molar-refractivity contribution < 1.29 is 14.0 Å². The molecule has 1 heterocycles. The van der Waals surface area contributed by atoms with Crippen LogP contribution in [0.25, 0.3) is 11.4 Å². The highest BCUT2D eigenvalue weighted by Crippen LogP contribution is 2.27. The Labute approximate surface area is 196 Å². The molecule has 1 aromatic heterocycles. The van der Waals surface area contributed by atoms with Gasteiger partial charge >= 0.3 is 0 Å². The normalized spacial score (nSPS) is 14.1. The minimum absolute atomic E-state index is 0.0590. The number of amides is 2. The van der Waals surface area contributed by atoms with Crippen molar-refractivity contribution in [1.29, 1.82) is 0 Å². The third kappa shape index (κ3) is 5.54. The number of aromatic amines is 1. The Kier molecular flexibility index (Phi) is 6.98. The van der Waals surface area contributed by atoms with Crippen LogP contribution in [-0.2, 0) is 16.1 Å². The van der Waals surface area contributed by atoms with Crippen molar-refractivity contribution >= 4 is 35.4 Å². The lowest BCUT2D eigenvalue weighted by molar-refractivity contribution is -0.120. The molecule has 0 aliphatic heterocycles. The molecule has 3 aromatic rings. The minimum atomic E-state index is -0.545. The van der Waals surface area contributed by atoms with E-state index in [4.69, 9.17) is 12.2 Å². The zero-order chi connectivity index (χ0) is 23.4. The summed E-state index contributed by atoms with van der Waals surface area (Å²) in [6.45, 7) is 1.90. The Balaban J connectivity index is 1.46. The second-order valence-corrected chi connectivity index (χ2v) is 8.76. The maximum absolute atomic E-state index is 14.3. The SMILES string of the molecule is Cc1cccc(-c2n[nH]c(=S)n2CC(=O)Nc2ccc(F)c(NC(=O)C3CCCCC3)c2)c1. The Bertz CT molecular complexity index is 1230. The fourth-order valence-electron chi connectivity index (χ4n) is 4.11. The van der Waals surface area contributed by atoms with Gasteiger partial charge in [0, 0.05) is 17.2 Å². The molecule has 1 aliphatic rings. The van der Waals surface area contributed by atoms with E-state index in [2.05, 4.69) is 20.8 Å². The van der Waals surface area contributed by atoms with E-state index in [0.717, 1.165) is 43.2 Å². The first-order valence-corrected chi connectivity index (χ1v) is 11.4. The van der Waals surface area contributed by atoms with Crippen molar-refractivity contribution in [3.63, 3.8) is 0 Å². The van der Waals surface area contributed by atoms with Crippen LogP contribution in [0, 0.1) is 23.4 Å². The lowest BCUT2D eigenvalue weighted by Crippen LogP contribution is -2.25. The van der Waals surface area contributed by atoms with Gasteiger partial charge in [-0.3, -0.25) is 19.3 Å². The highest BCUT2D eigenvalue weighted by molar-refractivity contribution is 7.71. The first-order valence-electron chi connectivity index (χ1n) is 11.0. The van der Waals surface area contributed by atoms with Crippen molar-refractivity contribution in [2.45, 2.75) is 45.6 Å². The topological polar surface area (TPSA) is 91.8 Å². The van der Waals surface area contributed by atoms with Gasteiger partial charge in [0.2, 0.25) is 11.8 Å². The summed E-state index contributed by atoms with van der Waals surface area (Å²) >= 11 is 5.30. The van der Waals surface area contributed by atoms with Crippen LogP contribution in [0.2, 0.25) is 0 Å². The quantitative estimate of drug-likeness (QED) is 0.434. The molecule has 0 atom stereocenters. The highest BCUT2D eigenvalue weighted by atomic mass is 32.1. The summed E-state index contributed by atoms with van der Waals surface area (Å²) in [5.74, 6) is -0.615. The fourth-order valence-corrected chi connectivity index (χ4v) is 4.31. The molecule has 2 aromatic carbocycles. The molecule has 3 N–H and O–H groups in total. The predicted octanol–water partition coefficient (Wildman–Crippen LogP) is 5.21. The summed E-state index contributed by atoms with van der Waals surface area (Å²) in [5.41, 5.74) is 2.34. The molecule has 1 aliphatic carbocycles. The Morgan fingerprint density at radius 1 is 1.15 bits per heavy atom. The van der Waals surface area contributed by atoms with Gasteiger partial charge in [-0.1, -0.05) is 43.0 Å². The third-order valence-corrected chi connectivity index (χ3v) is 6.13. The summed E-state index contributed by atoms with van der Waals surface area (Å²) in [4.78, 5) is 25.3.